The molecule has 0 aliphatic rings. The van der Waals surface area contributed by atoms with E-state index in [0.29, 0.717) is 13.1 Å². The van der Waals surface area contributed by atoms with E-state index < -0.39 is 0 Å². The zero-order chi connectivity index (χ0) is 9.56. The molecule has 0 unspecified atom stereocenters. The number of hydrogen-bond acceptors (Lipinski definition) is 3. The third-order valence-electron chi connectivity index (χ3n) is 1.47. The van der Waals surface area contributed by atoms with E-state index in [9.17, 15) is 0 Å². The van der Waals surface area contributed by atoms with Crippen LogP contribution in [-0.4, -0.2) is 18.0 Å². The molecule has 12 heavy (non-hydrogen) atoms. The van der Waals surface area contributed by atoms with Gasteiger partial charge in [-0.15, -0.1) is 0 Å². The van der Waals surface area contributed by atoms with Crippen molar-refractivity contribution in [1.29, 1.82) is 10.5 Å². The van der Waals surface area contributed by atoms with Crippen LogP contribution in [0.5, 0.6) is 0 Å². The molecule has 3 nitrogen and oxygen atoms in total. The summed E-state index contributed by atoms with van der Waals surface area (Å²) in [6.07, 6.45) is 0. The Kier molecular flexibility index (Phi) is 4.92. The maximum Gasteiger partial charge on any atom is 0.164 e. The highest BCUT2D eigenvalue weighted by atomic mass is 35.5. The molecule has 0 saturated heterocycles. The fourth-order valence-electron chi connectivity index (χ4n) is 0.777. The van der Waals surface area contributed by atoms with Gasteiger partial charge in [-0.1, -0.05) is 11.6 Å². The van der Waals surface area contributed by atoms with Gasteiger partial charge in [0.15, 0.2) is 5.57 Å². The molecule has 0 atom stereocenters. The average Bonchev–Trinajstić information content (AvgIpc) is 2.09. The zero-order valence-electron chi connectivity index (χ0n) is 7.13. The van der Waals surface area contributed by atoms with Gasteiger partial charge >= 0.3 is 0 Å². The number of nitrogens with zero attached hydrogens (tertiary/aromatic N) is 3. The van der Waals surface area contributed by atoms with Gasteiger partial charge in [0.25, 0.3) is 0 Å². The van der Waals surface area contributed by atoms with E-state index in [1.54, 1.807) is 17.0 Å². The Morgan fingerprint density at radius 3 is 1.92 bits per heavy atom. The van der Waals surface area contributed by atoms with Crippen LogP contribution in [-0.2, 0) is 0 Å². The van der Waals surface area contributed by atoms with E-state index in [4.69, 9.17) is 22.1 Å². The fourth-order valence-corrected chi connectivity index (χ4v) is 1.10. The molecule has 0 aromatic heterocycles. The highest BCUT2D eigenvalue weighted by Crippen LogP contribution is 2.13. The number of rotatable bonds is 3. The second-order valence-electron chi connectivity index (χ2n) is 2.06. The van der Waals surface area contributed by atoms with Gasteiger partial charge in [0.1, 0.15) is 17.3 Å². The lowest BCUT2D eigenvalue weighted by molar-refractivity contribution is 0.405. The molecule has 0 aromatic carbocycles. The summed E-state index contributed by atoms with van der Waals surface area (Å²) in [4.78, 5) is 1.75. The third-order valence-corrected chi connectivity index (χ3v) is 1.90. The fraction of sp³-hybridized carbons (Fsp3) is 0.500. The molecule has 4 heteroatoms. The van der Waals surface area contributed by atoms with Gasteiger partial charge in [0, 0.05) is 13.1 Å². The normalized spacial score (nSPS) is 8.08. The van der Waals surface area contributed by atoms with E-state index in [0.717, 1.165) is 0 Å². The minimum atomic E-state index is -0.0274. The van der Waals surface area contributed by atoms with E-state index >= 15 is 0 Å². The van der Waals surface area contributed by atoms with Gasteiger partial charge in [-0.25, -0.2) is 0 Å². The van der Waals surface area contributed by atoms with E-state index in [1.165, 1.54) is 0 Å². The van der Waals surface area contributed by atoms with Crippen molar-refractivity contribution in [3.63, 3.8) is 0 Å². The van der Waals surface area contributed by atoms with Crippen molar-refractivity contribution in [2.75, 3.05) is 13.1 Å². The topological polar surface area (TPSA) is 50.8 Å². The number of nitriles is 2. The minimum absolute atomic E-state index is 0.0274. The molecule has 0 saturated carbocycles. The average molecular weight is 184 g/mol. The summed E-state index contributed by atoms with van der Waals surface area (Å²) in [6, 6.07) is 3.49. The Labute approximate surface area is 77.5 Å². The summed E-state index contributed by atoms with van der Waals surface area (Å²) in [6.45, 7) is 5.22. The quantitative estimate of drug-likeness (QED) is 0.496. The standard InChI is InChI=1S/C8H10ClN3/c1-3-12(4-2)8(9)7(5-10)6-11/h3-4H2,1-2H3. The zero-order valence-corrected chi connectivity index (χ0v) is 7.89. The second kappa shape index (κ2) is 5.46. The van der Waals surface area contributed by atoms with Gasteiger partial charge in [0.05, 0.1) is 0 Å². The minimum Gasteiger partial charge on any atom is -0.361 e. The summed E-state index contributed by atoms with van der Waals surface area (Å²) < 4.78 is 0. The summed E-state index contributed by atoms with van der Waals surface area (Å²) >= 11 is 5.77. The molecule has 0 spiro atoms. The SMILES string of the molecule is CCN(CC)C(Cl)=C(C#N)C#N. The van der Waals surface area contributed by atoms with Crippen molar-refractivity contribution in [3.8, 4) is 12.1 Å². The Morgan fingerprint density at radius 1 is 1.25 bits per heavy atom. The lowest BCUT2D eigenvalue weighted by Gasteiger charge is -2.18. The van der Waals surface area contributed by atoms with Crippen LogP contribution in [0.25, 0.3) is 0 Å². The van der Waals surface area contributed by atoms with Crippen LogP contribution in [0.1, 0.15) is 13.8 Å². The number of allylic oxidation sites excluding steroid dienone is 1. The predicted octanol–water partition coefficient (Wildman–Crippen LogP) is 1.83. The molecule has 0 radical (unpaired) electrons. The predicted molar refractivity (Wildman–Crippen MR) is 47.0 cm³/mol. The molecule has 0 bridgehead atoms. The Balaban J connectivity index is 4.77. The van der Waals surface area contributed by atoms with Crippen LogP contribution < -0.4 is 0 Å². The van der Waals surface area contributed by atoms with Crippen LogP contribution in [0, 0.1) is 22.7 Å². The van der Waals surface area contributed by atoms with Gasteiger partial charge in [-0.2, -0.15) is 10.5 Å². The van der Waals surface area contributed by atoms with Crippen LogP contribution in [0.4, 0.5) is 0 Å². The molecular formula is C8H10ClN3. The largest absolute Gasteiger partial charge is 0.361 e. The van der Waals surface area contributed by atoms with Gasteiger partial charge in [-0.05, 0) is 13.8 Å². The molecule has 0 amide bonds. The lowest BCUT2D eigenvalue weighted by Crippen LogP contribution is -2.20. The summed E-state index contributed by atoms with van der Waals surface area (Å²) in [7, 11) is 0. The first kappa shape index (κ1) is 10.8. The summed E-state index contributed by atoms with van der Waals surface area (Å²) in [5.74, 6) is 0. The molecule has 0 rings (SSSR count). The molecule has 64 valence electrons. The number of halogens is 1. The van der Waals surface area contributed by atoms with Gasteiger partial charge in [-0.3, -0.25) is 0 Å². The highest BCUT2D eigenvalue weighted by molar-refractivity contribution is 6.30. The number of hydrogen-bond donors (Lipinski definition) is 0. The Hall–Kier alpha value is -1.19. The smallest absolute Gasteiger partial charge is 0.164 e. The summed E-state index contributed by atoms with van der Waals surface area (Å²) in [5.41, 5.74) is -0.0274. The highest BCUT2D eigenvalue weighted by Gasteiger charge is 2.08. The monoisotopic (exact) mass is 183 g/mol. The van der Waals surface area contributed by atoms with Crippen LogP contribution in [0.3, 0.4) is 0 Å². The first-order valence-electron chi connectivity index (χ1n) is 3.66. The van der Waals surface area contributed by atoms with Crippen molar-refractivity contribution in [3.05, 3.63) is 10.7 Å². The van der Waals surface area contributed by atoms with Gasteiger partial charge < -0.3 is 4.90 Å². The van der Waals surface area contributed by atoms with E-state index in [2.05, 4.69) is 0 Å². The molecule has 0 aliphatic carbocycles. The maximum atomic E-state index is 8.49. The molecular weight excluding hydrogens is 174 g/mol. The third kappa shape index (κ3) is 2.45. The van der Waals surface area contributed by atoms with E-state index in [-0.39, 0.29) is 10.7 Å². The molecule has 0 heterocycles. The van der Waals surface area contributed by atoms with Crippen molar-refractivity contribution in [2.24, 2.45) is 0 Å². The molecule has 0 aliphatic heterocycles. The molecule has 0 fully saturated rings. The first-order valence-corrected chi connectivity index (χ1v) is 4.03. The van der Waals surface area contributed by atoms with Crippen molar-refractivity contribution >= 4 is 11.6 Å². The van der Waals surface area contributed by atoms with Crippen LogP contribution in [0.15, 0.2) is 10.7 Å². The summed E-state index contributed by atoms with van der Waals surface area (Å²) in [5, 5.41) is 17.2. The van der Waals surface area contributed by atoms with Crippen molar-refractivity contribution in [2.45, 2.75) is 13.8 Å². The van der Waals surface area contributed by atoms with Crippen LogP contribution >= 0.6 is 11.6 Å². The van der Waals surface area contributed by atoms with Crippen molar-refractivity contribution < 1.29 is 0 Å². The molecule has 0 N–H and O–H groups in total. The second-order valence-corrected chi connectivity index (χ2v) is 2.42. The Bertz CT molecular complexity index is 236. The van der Waals surface area contributed by atoms with Gasteiger partial charge in [0.2, 0.25) is 0 Å². The first-order chi connectivity index (χ1) is 5.71. The van der Waals surface area contributed by atoms with Crippen molar-refractivity contribution in [1.82, 2.24) is 4.90 Å². The van der Waals surface area contributed by atoms with Crippen LogP contribution in [0.2, 0.25) is 0 Å². The van der Waals surface area contributed by atoms with E-state index in [1.807, 2.05) is 13.8 Å². The Morgan fingerprint density at radius 2 is 1.67 bits per heavy atom. The lowest BCUT2D eigenvalue weighted by atomic mass is 10.3. The maximum absolute atomic E-state index is 8.49. The molecule has 0 aromatic rings.